The van der Waals surface area contributed by atoms with E-state index in [2.05, 4.69) is 41.6 Å². The van der Waals surface area contributed by atoms with Gasteiger partial charge in [-0.2, -0.15) is 0 Å². The predicted molar refractivity (Wildman–Crippen MR) is 94.2 cm³/mol. The summed E-state index contributed by atoms with van der Waals surface area (Å²) in [5, 5.41) is 6.58. The molecule has 1 unspecified atom stereocenters. The Labute approximate surface area is 138 Å². The number of aliphatic imine (C=N–C) groups is 1. The number of hydrogen-bond acceptors (Lipinski definition) is 4. The highest BCUT2D eigenvalue weighted by molar-refractivity contribution is 14.0. The number of rotatable bonds is 5. The van der Waals surface area contributed by atoms with Crippen LogP contribution in [-0.2, 0) is 0 Å². The molecule has 1 atom stereocenters. The summed E-state index contributed by atoms with van der Waals surface area (Å²) in [4.78, 5) is 4.40. The molecule has 20 heavy (non-hydrogen) atoms. The Balaban J connectivity index is 0.00000200. The van der Waals surface area contributed by atoms with E-state index in [-0.39, 0.29) is 30.1 Å². The largest absolute Gasteiger partial charge is 0.489 e. The van der Waals surface area contributed by atoms with Gasteiger partial charge >= 0.3 is 0 Å². The monoisotopic (exact) mass is 389 g/mol. The van der Waals surface area contributed by atoms with Gasteiger partial charge in [-0.15, -0.1) is 24.0 Å². The molecule has 1 heterocycles. The Morgan fingerprint density at radius 2 is 2.30 bits per heavy atom. The molecule has 1 aromatic carbocycles. The zero-order valence-corrected chi connectivity index (χ0v) is 14.5. The lowest BCUT2D eigenvalue weighted by atomic mass is 10.2. The van der Waals surface area contributed by atoms with Crippen LogP contribution < -0.4 is 15.4 Å². The molecular weight excluding hydrogens is 365 g/mol. The number of benzene rings is 1. The summed E-state index contributed by atoms with van der Waals surface area (Å²) in [6, 6.07) is 8.18. The molecule has 2 rings (SSSR count). The normalized spacial score (nSPS) is 15.4. The maximum Gasteiger partial charge on any atom is 0.191 e. The Hall–Kier alpha value is -0.980. The van der Waals surface area contributed by atoms with Crippen molar-refractivity contribution >= 4 is 29.9 Å². The van der Waals surface area contributed by atoms with Gasteiger partial charge in [0, 0.05) is 13.1 Å². The smallest absolute Gasteiger partial charge is 0.191 e. The first kappa shape index (κ1) is 17.1. The van der Waals surface area contributed by atoms with Crippen LogP contribution in [0.4, 0.5) is 0 Å². The van der Waals surface area contributed by atoms with Crippen molar-refractivity contribution in [3.8, 4) is 5.75 Å². The lowest BCUT2D eigenvalue weighted by molar-refractivity contribution is 0.199. The first-order valence-corrected chi connectivity index (χ1v) is 7.03. The Kier molecular flexibility index (Phi) is 7.72. The summed E-state index contributed by atoms with van der Waals surface area (Å²) in [5.74, 6) is 1.84. The van der Waals surface area contributed by atoms with Gasteiger partial charge in [0.2, 0.25) is 0 Å². The van der Waals surface area contributed by atoms with E-state index in [0.29, 0.717) is 0 Å². The second-order valence-electron chi connectivity index (χ2n) is 4.86. The van der Waals surface area contributed by atoms with Gasteiger partial charge < -0.3 is 15.4 Å². The second kappa shape index (κ2) is 9.05. The summed E-state index contributed by atoms with van der Waals surface area (Å²) in [7, 11) is 0. The van der Waals surface area contributed by atoms with Crippen LogP contribution >= 0.6 is 24.0 Å². The summed E-state index contributed by atoms with van der Waals surface area (Å²) >= 11 is 0. The molecule has 1 aromatic rings. The molecule has 112 valence electrons. The molecule has 2 N–H and O–H groups in total. The van der Waals surface area contributed by atoms with E-state index in [1.807, 2.05) is 12.1 Å². The molecule has 0 aromatic heterocycles. The third-order valence-corrected chi connectivity index (χ3v) is 3.14. The zero-order valence-electron chi connectivity index (χ0n) is 12.2. The van der Waals surface area contributed by atoms with E-state index in [1.54, 1.807) is 0 Å². The molecule has 0 saturated carbocycles. The first-order chi connectivity index (χ1) is 9.28. The predicted octanol–water partition coefficient (Wildman–Crippen LogP) is 2.71. The Bertz CT molecular complexity index is 437. The van der Waals surface area contributed by atoms with Gasteiger partial charge in [-0.1, -0.05) is 19.1 Å². The highest BCUT2D eigenvalue weighted by Crippen LogP contribution is 2.15. The fraction of sp³-hybridized carbons (Fsp3) is 0.533. The van der Waals surface area contributed by atoms with Crippen LogP contribution in [0.25, 0.3) is 0 Å². The topological polar surface area (TPSA) is 45.7 Å². The van der Waals surface area contributed by atoms with Crippen LogP contribution in [-0.4, -0.2) is 31.7 Å². The molecule has 0 saturated heterocycles. The maximum absolute atomic E-state index is 5.99. The van der Waals surface area contributed by atoms with Gasteiger partial charge in [0.25, 0.3) is 0 Å². The summed E-state index contributed by atoms with van der Waals surface area (Å²) in [6.07, 6.45) is 2.24. The summed E-state index contributed by atoms with van der Waals surface area (Å²) in [6.45, 7) is 6.90. The van der Waals surface area contributed by atoms with Crippen LogP contribution in [0.5, 0.6) is 5.75 Å². The molecule has 0 amide bonds. The van der Waals surface area contributed by atoms with Crippen molar-refractivity contribution in [3.63, 3.8) is 0 Å². The van der Waals surface area contributed by atoms with Gasteiger partial charge in [-0.25, -0.2) is 0 Å². The number of ether oxygens (including phenoxy) is 1. The second-order valence-corrected chi connectivity index (χ2v) is 4.86. The van der Waals surface area contributed by atoms with Crippen molar-refractivity contribution in [2.75, 3.05) is 19.6 Å². The summed E-state index contributed by atoms with van der Waals surface area (Å²) in [5.41, 5.74) is 1.22. The van der Waals surface area contributed by atoms with Crippen LogP contribution in [0.3, 0.4) is 0 Å². The van der Waals surface area contributed by atoms with Crippen molar-refractivity contribution in [1.29, 1.82) is 0 Å². The lowest BCUT2D eigenvalue weighted by Gasteiger charge is -2.21. The fourth-order valence-corrected chi connectivity index (χ4v) is 2.01. The molecular formula is C15H24IN3O. The summed E-state index contributed by atoms with van der Waals surface area (Å²) < 4.78 is 5.99. The molecule has 1 aliphatic rings. The fourth-order valence-electron chi connectivity index (χ4n) is 2.01. The highest BCUT2D eigenvalue weighted by atomic mass is 127. The lowest BCUT2D eigenvalue weighted by Crippen LogP contribution is -2.44. The minimum absolute atomic E-state index is 0. The van der Waals surface area contributed by atoms with E-state index < -0.39 is 0 Å². The third-order valence-electron chi connectivity index (χ3n) is 3.14. The number of nitrogens with one attached hydrogen (secondary N) is 2. The molecule has 5 heteroatoms. The number of guanidine groups is 1. The van der Waals surface area contributed by atoms with E-state index in [1.165, 1.54) is 5.56 Å². The first-order valence-electron chi connectivity index (χ1n) is 7.03. The average Bonchev–Trinajstić information content (AvgIpc) is 2.44. The van der Waals surface area contributed by atoms with Gasteiger partial charge in [-0.3, -0.25) is 4.99 Å². The number of aryl methyl sites for hydroxylation is 1. The highest BCUT2D eigenvalue weighted by Gasteiger charge is 2.10. The van der Waals surface area contributed by atoms with E-state index in [9.17, 15) is 0 Å². The Morgan fingerprint density at radius 3 is 2.95 bits per heavy atom. The third kappa shape index (κ3) is 5.56. The molecule has 0 radical (unpaired) electrons. The molecule has 0 bridgehead atoms. The van der Waals surface area contributed by atoms with Gasteiger partial charge in [-0.05, 0) is 37.5 Å². The van der Waals surface area contributed by atoms with Crippen molar-refractivity contribution in [3.05, 3.63) is 29.8 Å². The molecule has 1 aliphatic heterocycles. The number of halogens is 1. The van der Waals surface area contributed by atoms with Crippen LogP contribution in [0.15, 0.2) is 29.3 Å². The zero-order chi connectivity index (χ0) is 13.5. The van der Waals surface area contributed by atoms with Crippen LogP contribution in [0.2, 0.25) is 0 Å². The van der Waals surface area contributed by atoms with Crippen molar-refractivity contribution in [1.82, 2.24) is 10.6 Å². The molecule has 0 fully saturated rings. The molecule has 4 nitrogen and oxygen atoms in total. The van der Waals surface area contributed by atoms with E-state index >= 15 is 0 Å². The van der Waals surface area contributed by atoms with Crippen molar-refractivity contribution in [2.24, 2.45) is 4.99 Å². The Morgan fingerprint density at radius 1 is 1.45 bits per heavy atom. The molecule has 0 spiro atoms. The number of nitrogens with zero attached hydrogens (tertiary/aromatic N) is 1. The van der Waals surface area contributed by atoms with Crippen molar-refractivity contribution < 1.29 is 4.74 Å². The minimum Gasteiger partial charge on any atom is -0.489 e. The standard InChI is InChI=1S/C15H23N3O.HI/c1-3-13(11-18-15-16-8-5-9-17-15)19-14-7-4-6-12(2)10-14;/h4,6-7,10,13H,3,5,8-9,11H2,1-2H3,(H2,16,17,18);1H. The van der Waals surface area contributed by atoms with Gasteiger partial charge in [0.15, 0.2) is 5.96 Å². The SMILES string of the molecule is CCC(CNC1=NCCCN1)Oc1cccc(C)c1.I. The minimum atomic E-state index is 0. The van der Waals surface area contributed by atoms with Gasteiger partial charge in [0.05, 0.1) is 6.54 Å². The maximum atomic E-state index is 5.99. The van der Waals surface area contributed by atoms with E-state index in [0.717, 1.165) is 44.2 Å². The molecule has 0 aliphatic carbocycles. The average molecular weight is 389 g/mol. The van der Waals surface area contributed by atoms with Crippen LogP contribution in [0.1, 0.15) is 25.3 Å². The van der Waals surface area contributed by atoms with Gasteiger partial charge in [0.1, 0.15) is 11.9 Å². The van der Waals surface area contributed by atoms with Crippen LogP contribution in [0, 0.1) is 6.92 Å². The van der Waals surface area contributed by atoms with Crippen molar-refractivity contribution in [2.45, 2.75) is 32.8 Å². The van der Waals surface area contributed by atoms with E-state index in [4.69, 9.17) is 4.74 Å². The number of hydrogen-bond donors (Lipinski definition) is 2. The quantitative estimate of drug-likeness (QED) is 0.762.